The second kappa shape index (κ2) is 6.07. The van der Waals surface area contributed by atoms with Gasteiger partial charge in [0.15, 0.2) is 0 Å². The van der Waals surface area contributed by atoms with Crippen LogP contribution < -0.4 is 10.6 Å². The Labute approximate surface area is 112 Å². The third-order valence-electron chi connectivity index (χ3n) is 3.09. The zero-order chi connectivity index (χ0) is 13.0. The van der Waals surface area contributed by atoms with Crippen LogP contribution >= 0.6 is 11.6 Å². The van der Waals surface area contributed by atoms with Crippen molar-refractivity contribution in [3.8, 4) is 0 Å². The number of esters is 1. The van der Waals surface area contributed by atoms with Gasteiger partial charge in [0, 0.05) is 16.8 Å². The van der Waals surface area contributed by atoms with Crippen molar-refractivity contribution in [3.05, 3.63) is 28.8 Å². The van der Waals surface area contributed by atoms with E-state index in [0.29, 0.717) is 16.6 Å². The van der Waals surface area contributed by atoms with Crippen LogP contribution in [0.2, 0.25) is 5.02 Å². The van der Waals surface area contributed by atoms with E-state index in [1.54, 1.807) is 12.1 Å². The molecule has 0 radical (unpaired) electrons. The highest BCUT2D eigenvalue weighted by atomic mass is 35.5. The Balaban J connectivity index is 2.17. The zero-order valence-corrected chi connectivity index (χ0v) is 11.1. The Morgan fingerprint density at radius 2 is 2.17 bits per heavy atom. The van der Waals surface area contributed by atoms with Crippen molar-refractivity contribution in [1.82, 2.24) is 5.32 Å². The average Bonchev–Trinajstić information content (AvgIpc) is 2.41. The van der Waals surface area contributed by atoms with Crippen molar-refractivity contribution in [2.75, 3.05) is 25.5 Å². The van der Waals surface area contributed by atoms with Gasteiger partial charge in [-0.1, -0.05) is 11.6 Å². The van der Waals surface area contributed by atoms with Crippen molar-refractivity contribution >= 4 is 23.3 Å². The number of rotatable bonds is 3. The van der Waals surface area contributed by atoms with E-state index < -0.39 is 0 Å². The van der Waals surface area contributed by atoms with Gasteiger partial charge in [0.2, 0.25) is 0 Å². The van der Waals surface area contributed by atoms with Crippen molar-refractivity contribution in [2.24, 2.45) is 0 Å². The highest BCUT2D eigenvalue weighted by Gasteiger charge is 2.17. The number of carbonyl (C=O) groups excluding carboxylic acids is 1. The van der Waals surface area contributed by atoms with E-state index in [4.69, 9.17) is 16.3 Å². The molecule has 5 heteroatoms. The topological polar surface area (TPSA) is 50.4 Å². The fourth-order valence-electron chi connectivity index (χ4n) is 2.11. The lowest BCUT2D eigenvalue weighted by Crippen LogP contribution is -2.35. The Morgan fingerprint density at radius 1 is 1.44 bits per heavy atom. The van der Waals surface area contributed by atoms with Crippen LogP contribution in [-0.4, -0.2) is 32.2 Å². The summed E-state index contributed by atoms with van der Waals surface area (Å²) in [6, 6.07) is 5.63. The van der Waals surface area contributed by atoms with E-state index in [0.717, 1.165) is 31.6 Å². The number of carbonyl (C=O) groups is 1. The molecule has 4 nitrogen and oxygen atoms in total. The number of ether oxygens (including phenoxy) is 1. The second-order valence-corrected chi connectivity index (χ2v) is 4.79. The zero-order valence-electron chi connectivity index (χ0n) is 10.3. The molecule has 98 valence electrons. The Bertz CT molecular complexity index is 431. The molecule has 1 heterocycles. The summed E-state index contributed by atoms with van der Waals surface area (Å²) >= 11 is 5.92. The van der Waals surface area contributed by atoms with Gasteiger partial charge in [-0.15, -0.1) is 0 Å². The number of methoxy groups -OCH3 is 1. The smallest absolute Gasteiger partial charge is 0.340 e. The van der Waals surface area contributed by atoms with E-state index in [-0.39, 0.29) is 5.97 Å². The molecule has 18 heavy (non-hydrogen) atoms. The first-order valence-electron chi connectivity index (χ1n) is 6.06. The summed E-state index contributed by atoms with van der Waals surface area (Å²) in [7, 11) is 1.37. The molecule has 0 unspecified atom stereocenters. The molecule has 1 saturated heterocycles. The van der Waals surface area contributed by atoms with Gasteiger partial charge in [-0.3, -0.25) is 0 Å². The third kappa shape index (κ3) is 3.15. The van der Waals surface area contributed by atoms with Crippen LogP contribution in [0.25, 0.3) is 0 Å². The first-order valence-corrected chi connectivity index (χ1v) is 6.43. The molecule has 1 fully saturated rings. The highest BCUT2D eigenvalue weighted by molar-refractivity contribution is 6.31. The van der Waals surface area contributed by atoms with Crippen LogP contribution in [0.3, 0.4) is 0 Å². The van der Waals surface area contributed by atoms with Crippen molar-refractivity contribution in [3.63, 3.8) is 0 Å². The minimum Gasteiger partial charge on any atom is -0.465 e. The van der Waals surface area contributed by atoms with Crippen molar-refractivity contribution in [2.45, 2.75) is 18.9 Å². The molecule has 0 aliphatic carbocycles. The molecule has 0 aromatic heterocycles. The number of benzene rings is 1. The molecule has 0 bridgehead atoms. The number of piperidine rings is 1. The molecular formula is C13H17ClN2O2. The van der Waals surface area contributed by atoms with Crippen LogP contribution in [-0.2, 0) is 4.74 Å². The molecule has 0 saturated carbocycles. The summed E-state index contributed by atoms with van der Waals surface area (Å²) in [5.41, 5.74) is 1.28. The monoisotopic (exact) mass is 268 g/mol. The molecule has 1 aromatic carbocycles. The molecule has 1 aliphatic heterocycles. The van der Waals surface area contributed by atoms with Gasteiger partial charge in [0.25, 0.3) is 0 Å². The van der Waals surface area contributed by atoms with Crippen molar-refractivity contribution < 1.29 is 9.53 Å². The molecule has 0 atom stereocenters. The van der Waals surface area contributed by atoms with Crippen LogP contribution in [0.1, 0.15) is 23.2 Å². The lowest BCUT2D eigenvalue weighted by atomic mass is 10.1. The highest BCUT2D eigenvalue weighted by Crippen LogP contribution is 2.23. The minimum absolute atomic E-state index is 0.367. The lowest BCUT2D eigenvalue weighted by Gasteiger charge is -2.25. The lowest BCUT2D eigenvalue weighted by molar-refractivity contribution is 0.0602. The predicted molar refractivity (Wildman–Crippen MR) is 72.3 cm³/mol. The molecule has 1 aliphatic rings. The normalized spacial score (nSPS) is 16.3. The van der Waals surface area contributed by atoms with E-state index >= 15 is 0 Å². The Hall–Kier alpha value is -1.26. The maximum atomic E-state index is 11.7. The van der Waals surface area contributed by atoms with E-state index in [1.165, 1.54) is 7.11 Å². The Morgan fingerprint density at radius 3 is 2.83 bits per heavy atom. The standard InChI is InChI=1S/C13H17ClN2O2/c1-18-13(17)11-8-9(14)2-3-12(11)16-10-4-6-15-7-5-10/h2-3,8,10,15-16H,4-7H2,1H3. The predicted octanol–water partition coefficient (Wildman–Crippen LogP) is 2.29. The summed E-state index contributed by atoms with van der Waals surface area (Å²) < 4.78 is 4.77. The quantitative estimate of drug-likeness (QED) is 0.826. The van der Waals surface area contributed by atoms with Crippen LogP contribution in [0.15, 0.2) is 18.2 Å². The van der Waals surface area contributed by atoms with E-state index in [2.05, 4.69) is 10.6 Å². The molecule has 1 aromatic rings. The van der Waals surface area contributed by atoms with Gasteiger partial charge >= 0.3 is 5.97 Å². The number of anilines is 1. The van der Waals surface area contributed by atoms with Gasteiger partial charge in [-0.25, -0.2) is 4.79 Å². The SMILES string of the molecule is COC(=O)c1cc(Cl)ccc1NC1CCNCC1. The first kappa shape index (κ1) is 13.2. The summed E-state index contributed by atoms with van der Waals surface area (Å²) in [5.74, 6) is -0.367. The Kier molecular flexibility index (Phi) is 4.44. The number of hydrogen-bond acceptors (Lipinski definition) is 4. The van der Waals surface area contributed by atoms with Gasteiger partial charge in [-0.2, -0.15) is 0 Å². The number of hydrogen-bond donors (Lipinski definition) is 2. The van der Waals surface area contributed by atoms with Crippen LogP contribution in [0.4, 0.5) is 5.69 Å². The van der Waals surface area contributed by atoms with Gasteiger partial charge in [0.05, 0.1) is 12.7 Å². The molecular weight excluding hydrogens is 252 g/mol. The van der Waals surface area contributed by atoms with E-state index in [1.807, 2.05) is 6.07 Å². The summed E-state index contributed by atoms with van der Waals surface area (Å²) in [5, 5.41) is 7.23. The number of nitrogens with one attached hydrogen (secondary N) is 2. The fraction of sp³-hybridized carbons (Fsp3) is 0.462. The first-order chi connectivity index (χ1) is 8.70. The average molecular weight is 269 g/mol. The third-order valence-corrected chi connectivity index (χ3v) is 3.32. The molecule has 2 N–H and O–H groups in total. The van der Waals surface area contributed by atoms with Crippen LogP contribution in [0.5, 0.6) is 0 Å². The summed E-state index contributed by atoms with van der Waals surface area (Å²) in [6.07, 6.45) is 2.09. The van der Waals surface area contributed by atoms with Gasteiger partial charge in [-0.05, 0) is 44.1 Å². The van der Waals surface area contributed by atoms with Crippen LogP contribution in [0, 0.1) is 0 Å². The van der Waals surface area contributed by atoms with Gasteiger partial charge in [0.1, 0.15) is 0 Å². The summed E-state index contributed by atoms with van der Waals surface area (Å²) in [6.45, 7) is 2.00. The summed E-state index contributed by atoms with van der Waals surface area (Å²) in [4.78, 5) is 11.7. The maximum absolute atomic E-state index is 11.7. The fourth-order valence-corrected chi connectivity index (χ4v) is 2.28. The molecule has 0 amide bonds. The maximum Gasteiger partial charge on any atom is 0.340 e. The molecule has 0 spiro atoms. The van der Waals surface area contributed by atoms with Gasteiger partial charge < -0.3 is 15.4 Å². The number of halogens is 1. The largest absolute Gasteiger partial charge is 0.465 e. The minimum atomic E-state index is -0.367. The van der Waals surface area contributed by atoms with Crippen molar-refractivity contribution in [1.29, 1.82) is 0 Å². The molecule has 2 rings (SSSR count). The second-order valence-electron chi connectivity index (χ2n) is 4.35. The van der Waals surface area contributed by atoms with E-state index in [9.17, 15) is 4.79 Å².